The van der Waals surface area contributed by atoms with E-state index in [-0.39, 0.29) is 12.0 Å². The van der Waals surface area contributed by atoms with Gasteiger partial charge >= 0.3 is 0 Å². The average molecular weight is 498 g/mol. The molecule has 11 heteroatoms. The molecule has 190 valence electrons. The van der Waals surface area contributed by atoms with Crippen LogP contribution in [0.2, 0.25) is 0 Å². The summed E-state index contributed by atoms with van der Waals surface area (Å²) in [5.74, 6) is 1.53. The molecule has 36 heavy (non-hydrogen) atoms. The van der Waals surface area contributed by atoms with Gasteiger partial charge in [-0.25, -0.2) is 14.4 Å². The van der Waals surface area contributed by atoms with Crippen LogP contribution < -0.4 is 19.5 Å². The van der Waals surface area contributed by atoms with Crippen molar-refractivity contribution in [2.75, 3.05) is 26.9 Å². The molecule has 1 atom stereocenters. The number of hydrogen-bond acceptors (Lipinski definition) is 10. The van der Waals surface area contributed by atoms with Crippen molar-refractivity contribution in [2.45, 2.75) is 55.9 Å². The predicted octanol–water partition coefficient (Wildman–Crippen LogP) is 2.11. The predicted molar refractivity (Wildman–Crippen MR) is 126 cm³/mol. The summed E-state index contributed by atoms with van der Waals surface area (Å²) in [6.45, 7) is 1.89. The van der Waals surface area contributed by atoms with Crippen LogP contribution in [0.25, 0.3) is 11.0 Å². The third-order valence-corrected chi connectivity index (χ3v) is 7.62. The van der Waals surface area contributed by atoms with E-state index < -0.39 is 17.5 Å². The molecule has 0 aromatic carbocycles. The fraction of sp³-hybridized carbons (Fsp3) is 0.520. The Labute approximate surface area is 207 Å². The monoisotopic (exact) mass is 497 g/mol. The van der Waals surface area contributed by atoms with E-state index in [0.29, 0.717) is 79.1 Å². The Morgan fingerprint density at radius 3 is 2.72 bits per heavy atom. The Morgan fingerprint density at radius 2 is 1.94 bits per heavy atom. The summed E-state index contributed by atoms with van der Waals surface area (Å²) in [5.41, 5.74) is 0.321. The lowest BCUT2D eigenvalue weighted by atomic mass is 9.68. The van der Waals surface area contributed by atoms with Crippen LogP contribution in [0.1, 0.15) is 37.1 Å². The van der Waals surface area contributed by atoms with Crippen molar-refractivity contribution in [3.05, 3.63) is 41.7 Å². The highest BCUT2D eigenvalue weighted by molar-refractivity contribution is 5.78. The van der Waals surface area contributed by atoms with Crippen LogP contribution in [0, 0.1) is 5.82 Å². The summed E-state index contributed by atoms with van der Waals surface area (Å²) >= 11 is 0. The van der Waals surface area contributed by atoms with Gasteiger partial charge in [0.15, 0.2) is 5.75 Å². The molecule has 2 bridgehead atoms. The van der Waals surface area contributed by atoms with Gasteiger partial charge < -0.3 is 29.4 Å². The third kappa shape index (κ3) is 4.10. The second-order valence-corrected chi connectivity index (χ2v) is 9.67. The Hall–Kier alpha value is -3.15. The van der Waals surface area contributed by atoms with Crippen molar-refractivity contribution in [3.63, 3.8) is 0 Å². The van der Waals surface area contributed by atoms with E-state index in [1.807, 2.05) is 0 Å². The number of hydrogen-bond donors (Lipinski definition) is 2. The van der Waals surface area contributed by atoms with E-state index in [2.05, 4.69) is 25.3 Å². The van der Waals surface area contributed by atoms with Gasteiger partial charge in [0.25, 0.3) is 5.88 Å². The third-order valence-electron chi connectivity index (χ3n) is 7.62. The fourth-order valence-corrected chi connectivity index (χ4v) is 5.38. The summed E-state index contributed by atoms with van der Waals surface area (Å²) in [5, 5.41) is 14.9. The summed E-state index contributed by atoms with van der Waals surface area (Å²) in [6, 6.07) is 3.41. The lowest BCUT2D eigenvalue weighted by molar-refractivity contribution is -0.208. The summed E-state index contributed by atoms with van der Waals surface area (Å²) < 4.78 is 37.4. The molecule has 2 N–H and O–H groups in total. The zero-order valence-corrected chi connectivity index (χ0v) is 20.0. The molecule has 3 fully saturated rings. The number of aliphatic hydroxyl groups is 1. The van der Waals surface area contributed by atoms with Crippen molar-refractivity contribution < 1.29 is 28.4 Å². The van der Waals surface area contributed by atoms with Crippen LogP contribution in [-0.4, -0.2) is 69.2 Å². The SMILES string of the molecule is COc1ccc2ncc(F)c(C[C@@H](O)C34CCC(NCc5ncc6c(n5)OCCO6)(CC3)CO4)c2n1. The number of nitrogens with zero attached hydrogens (tertiary/aromatic N) is 4. The molecule has 10 nitrogen and oxygen atoms in total. The van der Waals surface area contributed by atoms with E-state index in [1.165, 1.54) is 13.3 Å². The van der Waals surface area contributed by atoms with Crippen molar-refractivity contribution in [2.24, 2.45) is 0 Å². The average Bonchev–Trinajstić information content (AvgIpc) is 2.94. The number of nitrogens with one attached hydrogen (secondary N) is 1. The largest absolute Gasteiger partial charge is 0.483 e. The summed E-state index contributed by atoms with van der Waals surface area (Å²) in [4.78, 5) is 17.3. The second kappa shape index (κ2) is 9.06. The smallest absolute Gasteiger partial charge is 0.260 e. The molecule has 0 unspecified atom stereocenters. The number of aromatic nitrogens is 4. The maximum atomic E-state index is 14.8. The number of pyridine rings is 2. The topological polar surface area (TPSA) is 121 Å². The van der Waals surface area contributed by atoms with Crippen LogP contribution in [-0.2, 0) is 17.7 Å². The molecule has 4 aliphatic rings. The van der Waals surface area contributed by atoms with Crippen LogP contribution in [0.5, 0.6) is 17.5 Å². The zero-order valence-electron chi connectivity index (χ0n) is 20.0. The quantitative estimate of drug-likeness (QED) is 0.502. The molecule has 6 heterocycles. The Morgan fingerprint density at radius 1 is 1.11 bits per heavy atom. The number of rotatable bonds is 7. The standard InChI is InChI=1S/C25H28FN5O5/c1-33-21-3-2-17-22(31-21)15(16(26)11-27-17)10-19(32)25-6-4-24(5-7-25,14-36-25)29-13-20-28-12-18-23(30-20)35-9-8-34-18/h2-3,11-12,19,29,32H,4-10,13-14H2,1H3/t19-,24?,25?/m1/s1. The van der Waals surface area contributed by atoms with Crippen molar-refractivity contribution in [1.82, 2.24) is 25.3 Å². The molecule has 3 aliphatic heterocycles. The van der Waals surface area contributed by atoms with Crippen LogP contribution in [0.3, 0.4) is 0 Å². The first kappa shape index (κ1) is 23.3. The van der Waals surface area contributed by atoms with Crippen molar-refractivity contribution in [1.29, 1.82) is 0 Å². The van der Waals surface area contributed by atoms with Gasteiger partial charge in [0.2, 0.25) is 5.88 Å². The van der Waals surface area contributed by atoms with E-state index in [1.54, 1.807) is 18.3 Å². The van der Waals surface area contributed by atoms with Crippen LogP contribution >= 0.6 is 0 Å². The normalized spacial score (nSPS) is 25.6. The molecular formula is C25H28FN5O5. The van der Waals surface area contributed by atoms with Gasteiger partial charge in [0.1, 0.15) is 24.9 Å². The van der Waals surface area contributed by atoms with Gasteiger partial charge in [-0.3, -0.25) is 4.98 Å². The molecule has 0 amide bonds. The van der Waals surface area contributed by atoms with Crippen molar-refractivity contribution >= 4 is 11.0 Å². The minimum absolute atomic E-state index is 0.0798. The number of halogens is 1. The van der Waals surface area contributed by atoms with Gasteiger partial charge in [0.05, 0.1) is 55.4 Å². The lowest BCUT2D eigenvalue weighted by Crippen LogP contribution is -2.65. The highest BCUT2D eigenvalue weighted by Gasteiger charge is 2.53. The number of aliphatic hydroxyl groups excluding tert-OH is 1. The van der Waals surface area contributed by atoms with E-state index in [4.69, 9.17) is 18.9 Å². The highest BCUT2D eigenvalue weighted by atomic mass is 19.1. The first-order valence-electron chi connectivity index (χ1n) is 12.2. The number of fused-ring (bicyclic) bond motifs is 5. The summed E-state index contributed by atoms with van der Waals surface area (Å²) in [6.07, 6.45) is 4.96. The maximum absolute atomic E-state index is 14.8. The second-order valence-electron chi connectivity index (χ2n) is 9.67. The molecular weight excluding hydrogens is 469 g/mol. The van der Waals surface area contributed by atoms with Gasteiger partial charge in [-0.05, 0) is 31.7 Å². The van der Waals surface area contributed by atoms with Gasteiger partial charge in [-0.2, -0.15) is 4.98 Å². The maximum Gasteiger partial charge on any atom is 0.260 e. The minimum atomic E-state index is -0.884. The molecule has 7 rings (SSSR count). The van der Waals surface area contributed by atoms with Gasteiger partial charge in [0, 0.05) is 23.6 Å². The molecule has 0 radical (unpaired) electrons. The fourth-order valence-electron chi connectivity index (χ4n) is 5.38. The van der Waals surface area contributed by atoms with E-state index in [0.717, 1.165) is 12.8 Å². The molecule has 0 spiro atoms. The van der Waals surface area contributed by atoms with E-state index >= 15 is 0 Å². The Kier molecular flexibility index (Phi) is 5.85. The Bertz CT molecular complexity index is 1270. The lowest BCUT2D eigenvalue weighted by Gasteiger charge is -2.55. The van der Waals surface area contributed by atoms with Crippen molar-refractivity contribution in [3.8, 4) is 17.5 Å². The van der Waals surface area contributed by atoms with Crippen LogP contribution in [0.15, 0.2) is 24.5 Å². The molecule has 1 saturated carbocycles. The van der Waals surface area contributed by atoms with Gasteiger partial charge in [-0.15, -0.1) is 0 Å². The number of methoxy groups -OCH3 is 1. The Balaban J connectivity index is 1.13. The molecule has 2 saturated heterocycles. The molecule has 3 aromatic heterocycles. The number of ether oxygens (including phenoxy) is 4. The first-order valence-corrected chi connectivity index (χ1v) is 12.2. The minimum Gasteiger partial charge on any atom is -0.483 e. The summed E-state index contributed by atoms with van der Waals surface area (Å²) in [7, 11) is 1.51. The first-order chi connectivity index (χ1) is 17.5. The molecule has 1 aliphatic carbocycles. The molecule has 3 aromatic rings. The highest BCUT2D eigenvalue weighted by Crippen LogP contribution is 2.46. The van der Waals surface area contributed by atoms with Crippen LogP contribution in [0.4, 0.5) is 4.39 Å². The zero-order chi connectivity index (χ0) is 24.8. The van der Waals surface area contributed by atoms with Gasteiger partial charge in [-0.1, -0.05) is 0 Å². The van der Waals surface area contributed by atoms with E-state index in [9.17, 15) is 9.50 Å².